The van der Waals surface area contributed by atoms with Crippen LogP contribution in [0, 0.1) is 0 Å². The van der Waals surface area contributed by atoms with Crippen LogP contribution < -0.4 is 11.1 Å². The van der Waals surface area contributed by atoms with Crippen LogP contribution in [0.5, 0.6) is 0 Å². The highest BCUT2D eigenvalue weighted by Crippen LogP contribution is 2.41. The van der Waals surface area contributed by atoms with E-state index in [2.05, 4.69) is 22.3 Å². The topological polar surface area (TPSA) is 41.3 Å². The zero-order chi connectivity index (χ0) is 15.6. The van der Waals surface area contributed by atoms with E-state index in [0.717, 1.165) is 29.5 Å². The van der Waals surface area contributed by atoms with Crippen molar-refractivity contribution in [2.75, 3.05) is 11.1 Å². The standard InChI is InChI=1S/C20H31N3/c21-19-9-5-6-10-20(19)22-15-13-17-11-12-18(14-15)23(17)16-7-3-1-2-4-8-16/h5-6,9-10,15-18,22H,1-4,7-8,11-14,21H2/t15-,17-,18+. The van der Waals surface area contributed by atoms with Gasteiger partial charge < -0.3 is 11.1 Å². The number of anilines is 2. The summed E-state index contributed by atoms with van der Waals surface area (Å²) in [7, 11) is 0. The van der Waals surface area contributed by atoms with Gasteiger partial charge in [-0.05, 0) is 50.7 Å². The van der Waals surface area contributed by atoms with Gasteiger partial charge in [0.1, 0.15) is 0 Å². The van der Waals surface area contributed by atoms with E-state index in [1.807, 2.05) is 12.1 Å². The van der Waals surface area contributed by atoms with Gasteiger partial charge >= 0.3 is 0 Å². The van der Waals surface area contributed by atoms with Crippen molar-refractivity contribution in [1.29, 1.82) is 0 Å². The van der Waals surface area contributed by atoms with Gasteiger partial charge in [-0.3, -0.25) is 4.90 Å². The van der Waals surface area contributed by atoms with Crippen LogP contribution in [0.2, 0.25) is 0 Å². The molecule has 126 valence electrons. The molecule has 2 aliphatic heterocycles. The Morgan fingerprint density at radius 2 is 1.48 bits per heavy atom. The molecule has 0 spiro atoms. The fourth-order valence-electron chi connectivity index (χ4n) is 5.33. The molecule has 2 heterocycles. The van der Waals surface area contributed by atoms with E-state index in [4.69, 9.17) is 5.73 Å². The van der Waals surface area contributed by atoms with Crippen LogP contribution in [0.25, 0.3) is 0 Å². The molecule has 1 aromatic carbocycles. The van der Waals surface area contributed by atoms with Gasteiger partial charge in [0.2, 0.25) is 0 Å². The molecule has 0 radical (unpaired) electrons. The highest BCUT2D eigenvalue weighted by Gasteiger charge is 2.43. The van der Waals surface area contributed by atoms with Crippen molar-refractivity contribution in [2.45, 2.75) is 88.4 Å². The zero-order valence-corrected chi connectivity index (χ0v) is 14.2. The SMILES string of the molecule is Nc1ccccc1N[C@@H]1C[C@H]2CC[C@@H](C1)N2C1CCCCCC1. The van der Waals surface area contributed by atoms with Crippen molar-refractivity contribution in [3.8, 4) is 0 Å². The first-order chi connectivity index (χ1) is 11.3. The third-order valence-electron chi connectivity index (χ3n) is 6.36. The molecule has 3 aliphatic rings. The summed E-state index contributed by atoms with van der Waals surface area (Å²) in [4.78, 5) is 2.94. The summed E-state index contributed by atoms with van der Waals surface area (Å²) in [6, 6.07) is 11.3. The number of rotatable bonds is 3. The molecule has 2 saturated heterocycles. The molecule has 3 nitrogen and oxygen atoms in total. The molecular weight excluding hydrogens is 282 g/mol. The van der Waals surface area contributed by atoms with Crippen molar-refractivity contribution in [3.63, 3.8) is 0 Å². The number of hydrogen-bond donors (Lipinski definition) is 2. The van der Waals surface area contributed by atoms with Crippen molar-refractivity contribution >= 4 is 11.4 Å². The van der Waals surface area contributed by atoms with Crippen molar-refractivity contribution < 1.29 is 0 Å². The minimum atomic E-state index is 0.597. The highest BCUT2D eigenvalue weighted by atomic mass is 15.3. The number of nitrogens with two attached hydrogens (primary N) is 1. The maximum absolute atomic E-state index is 6.11. The molecule has 1 aliphatic carbocycles. The maximum atomic E-state index is 6.11. The average molecular weight is 313 g/mol. The van der Waals surface area contributed by atoms with Gasteiger partial charge in [0.05, 0.1) is 11.4 Å². The molecule has 0 amide bonds. The monoisotopic (exact) mass is 313 g/mol. The molecular formula is C20H31N3. The summed E-state index contributed by atoms with van der Waals surface area (Å²) in [6.07, 6.45) is 14.1. The van der Waals surface area contributed by atoms with Gasteiger partial charge in [0.15, 0.2) is 0 Å². The van der Waals surface area contributed by atoms with E-state index in [1.54, 1.807) is 0 Å². The maximum Gasteiger partial charge on any atom is 0.0576 e. The minimum Gasteiger partial charge on any atom is -0.397 e. The third kappa shape index (κ3) is 3.21. The van der Waals surface area contributed by atoms with Crippen LogP contribution in [-0.2, 0) is 0 Å². The van der Waals surface area contributed by atoms with Gasteiger partial charge in [0.25, 0.3) is 0 Å². The summed E-state index contributed by atoms with van der Waals surface area (Å²) in [5.41, 5.74) is 8.12. The smallest absolute Gasteiger partial charge is 0.0576 e. The Kier molecular flexibility index (Phi) is 4.48. The largest absolute Gasteiger partial charge is 0.397 e. The Morgan fingerprint density at radius 1 is 0.826 bits per heavy atom. The molecule has 2 bridgehead atoms. The second-order valence-corrected chi connectivity index (χ2v) is 7.88. The van der Waals surface area contributed by atoms with Crippen molar-refractivity contribution in [1.82, 2.24) is 4.90 Å². The van der Waals surface area contributed by atoms with Crippen LogP contribution in [0.3, 0.4) is 0 Å². The summed E-state index contributed by atoms with van der Waals surface area (Å²) in [5.74, 6) is 0. The first kappa shape index (κ1) is 15.3. The minimum absolute atomic E-state index is 0.597. The molecule has 3 heteroatoms. The molecule has 23 heavy (non-hydrogen) atoms. The van der Waals surface area contributed by atoms with Crippen LogP contribution in [0.15, 0.2) is 24.3 Å². The predicted octanol–water partition coefficient (Wildman–Crippen LogP) is 4.40. The average Bonchev–Trinajstić information content (AvgIpc) is 2.76. The number of benzene rings is 1. The second-order valence-electron chi connectivity index (χ2n) is 7.88. The Balaban J connectivity index is 1.42. The van der Waals surface area contributed by atoms with Crippen molar-refractivity contribution in [3.05, 3.63) is 24.3 Å². The fourth-order valence-corrected chi connectivity index (χ4v) is 5.33. The third-order valence-corrected chi connectivity index (χ3v) is 6.36. The van der Waals surface area contributed by atoms with E-state index in [-0.39, 0.29) is 0 Å². The van der Waals surface area contributed by atoms with Gasteiger partial charge in [-0.2, -0.15) is 0 Å². The van der Waals surface area contributed by atoms with Gasteiger partial charge in [-0.1, -0.05) is 37.8 Å². The Bertz CT molecular complexity index is 507. The highest BCUT2D eigenvalue weighted by molar-refractivity contribution is 5.66. The lowest BCUT2D eigenvalue weighted by Crippen LogP contribution is -2.51. The summed E-state index contributed by atoms with van der Waals surface area (Å²) in [5, 5.41) is 3.73. The van der Waals surface area contributed by atoms with Crippen LogP contribution in [0.4, 0.5) is 11.4 Å². The van der Waals surface area contributed by atoms with Crippen LogP contribution >= 0.6 is 0 Å². The van der Waals surface area contributed by atoms with E-state index in [9.17, 15) is 0 Å². The molecule has 0 unspecified atom stereocenters. The van der Waals surface area contributed by atoms with Crippen LogP contribution in [0.1, 0.15) is 64.2 Å². The molecule has 1 aromatic rings. The quantitative estimate of drug-likeness (QED) is 0.642. The molecule has 4 rings (SSSR count). The number of hydrogen-bond acceptors (Lipinski definition) is 3. The number of piperidine rings is 1. The Labute approximate surface area is 140 Å². The molecule has 3 N–H and O–H groups in total. The number of nitrogens with one attached hydrogen (secondary N) is 1. The molecule has 3 fully saturated rings. The van der Waals surface area contributed by atoms with Gasteiger partial charge in [-0.15, -0.1) is 0 Å². The number of nitrogens with zero attached hydrogens (tertiary/aromatic N) is 1. The van der Waals surface area contributed by atoms with Crippen LogP contribution in [-0.4, -0.2) is 29.1 Å². The molecule has 0 aromatic heterocycles. The Morgan fingerprint density at radius 3 is 2.13 bits per heavy atom. The van der Waals surface area contributed by atoms with E-state index >= 15 is 0 Å². The number of para-hydroxylation sites is 2. The zero-order valence-electron chi connectivity index (χ0n) is 14.2. The summed E-state index contributed by atoms with van der Waals surface area (Å²) in [6.45, 7) is 0. The fraction of sp³-hybridized carbons (Fsp3) is 0.700. The summed E-state index contributed by atoms with van der Waals surface area (Å²) < 4.78 is 0. The summed E-state index contributed by atoms with van der Waals surface area (Å²) >= 11 is 0. The lowest BCUT2D eigenvalue weighted by Gasteiger charge is -2.44. The lowest BCUT2D eigenvalue weighted by molar-refractivity contribution is 0.0725. The van der Waals surface area contributed by atoms with Gasteiger partial charge in [0, 0.05) is 24.2 Å². The Hall–Kier alpha value is -1.22. The second kappa shape index (κ2) is 6.72. The van der Waals surface area contributed by atoms with E-state index < -0.39 is 0 Å². The van der Waals surface area contributed by atoms with E-state index in [0.29, 0.717) is 6.04 Å². The molecule has 3 atom stereocenters. The first-order valence-corrected chi connectivity index (χ1v) is 9.70. The van der Waals surface area contributed by atoms with Crippen molar-refractivity contribution in [2.24, 2.45) is 0 Å². The number of fused-ring (bicyclic) bond motifs is 2. The predicted molar refractivity (Wildman–Crippen MR) is 97.6 cm³/mol. The number of nitrogen functional groups attached to an aromatic ring is 1. The van der Waals surface area contributed by atoms with Gasteiger partial charge in [-0.25, -0.2) is 0 Å². The lowest BCUT2D eigenvalue weighted by atomic mass is 9.93. The molecule has 1 saturated carbocycles. The normalized spacial score (nSPS) is 32.6. The first-order valence-electron chi connectivity index (χ1n) is 9.70. The van der Waals surface area contributed by atoms with E-state index in [1.165, 1.54) is 64.2 Å².